The van der Waals surface area contributed by atoms with Gasteiger partial charge in [-0.15, -0.1) is 10.2 Å². The van der Waals surface area contributed by atoms with Crippen molar-refractivity contribution in [3.63, 3.8) is 0 Å². The van der Waals surface area contributed by atoms with Crippen LogP contribution in [-0.2, 0) is 58.1 Å². The Morgan fingerprint density at radius 2 is 1.00 bits per heavy atom. The molecule has 4 amide bonds. The highest BCUT2D eigenvalue weighted by atomic mass is 16.5. The molecule has 4 aromatic heterocycles. The van der Waals surface area contributed by atoms with Crippen molar-refractivity contribution >= 4 is 35.3 Å². The van der Waals surface area contributed by atoms with Gasteiger partial charge in [0.25, 0.3) is 23.6 Å². The van der Waals surface area contributed by atoms with E-state index in [9.17, 15) is 19.2 Å². The van der Waals surface area contributed by atoms with E-state index in [2.05, 4.69) is 40.6 Å². The van der Waals surface area contributed by atoms with E-state index in [1.54, 1.807) is 47.5 Å². The fraction of sp³-hybridized carbons (Fsp3) is 0.458. The van der Waals surface area contributed by atoms with Gasteiger partial charge in [-0.05, 0) is 24.0 Å². The van der Waals surface area contributed by atoms with E-state index in [4.69, 9.17) is 19.7 Å². The number of benzene rings is 2. The molecule has 0 bridgehead atoms. The van der Waals surface area contributed by atoms with Crippen molar-refractivity contribution in [2.45, 2.75) is 76.2 Å². The van der Waals surface area contributed by atoms with Gasteiger partial charge in [-0.3, -0.25) is 38.8 Å². The number of rotatable bonds is 16. The first-order valence-electron chi connectivity index (χ1n) is 23.7. The Kier molecular flexibility index (Phi) is 14.8. The second-order valence-electron chi connectivity index (χ2n) is 18.1. The Morgan fingerprint density at radius 1 is 0.600 bits per heavy atom. The van der Waals surface area contributed by atoms with E-state index >= 15 is 0 Å². The zero-order valence-electron chi connectivity index (χ0n) is 40.0. The molecular weight excluding hydrogens is 897 g/mol. The predicted molar refractivity (Wildman–Crippen MR) is 256 cm³/mol. The van der Waals surface area contributed by atoms with E-state index in [0.717, 1.165) is 86.3 Å². The lowest BCUT2D eigenvalue weighted by Gasteiger charge is -2.37. The summed E-state index contributed by atoms with van der Waals surface area (Å²) in [7, 11) is 6.92. The molecule has 4 aliphatic heterocycles. The van der Waals surface area contributed by atoms with Crippen LogP contribution in [0, 0.1) is 0 Å². The molecule has 22 heteroatoms. The number of likely N-dealkylation sites (N-methyl/N-ethyl adjacent to an activating group) is 2. The van der Waals surface area contributed by atoms with Gasteiger partial charge in [0, 0.05) is 106 Å². The number of hydrogen-bond acceptors (Lipinski definition) is 14. The summed E-state index contributed by atoms with van der Waals surface area (Å²) in [4.78, 5) is 67.9. The smallest absolute Gasteiger partial charge is 0.291 e. The van der Waals surface area contributed by atoms with Crippen molar-refractivity contribution in [1.82, 2.24) is 69.5 Å². The Hall–Kier alpha value is -7.14. The summed E-state index contributed by atoms with van der Waals surface area (Å²) in [5.41, 5.74) is 4.03. The Morgan fingerprint density at radius 3 is 1.39 bits per heavy atom. The number of ether oxygens (including phenoxy) is 2. The number of aryl methyl sites for hydroxylation is 2. The van der Waals surface area contributed by atoms with Gasteiger partial charge in [-0.2, -0.15) is 10.2 Å². The number of methoxy groups -OCH3 is 2. The van der Waals surface area contributed by atoms with Crippen molar-refractivity contribution in [1.29, 1.82) is 0 Å². The van der Waals surface area contributed by atoms with E-state index in [-0.39, 0.29) is 23.5 Å². The lowest BCUT2D eigenvalue weighted by molar-refractivity contribution is -0.120. The van der Waals surface area contributed by atoms with Crippen LogP contribution in [0.3, 0.4) is 0 Å². The molecule has 0 unspecified atom stereocenters. The van der Waals surface area contributed by atoms with Gasteiger partial charge in [-0.1, -0.05) is 60.7 Å². The maximum absolute atomic E-state index is 13.1. The topological polar surface area (TPSA) is 221 Å². The van der Waals surface area contributed by atoms with E-state index in [1.165, 1.54) is 12.7 Å². The minimum atomic E-state index is -0.675. The normalized spacial score (nSPS) is 18.7. The summed E-state index contributed by atoms with van der Waals surface area (Å²) >= 11 is 0. The molecule has 4 aliphatic rings. The molecule has 368 valence electrons. The number of hydrogen-bond donors (Lipinski definition) is 2. The average Bonchev–Trinajstić information content (AvgIpc) is 4.17. The molecule has 0 aliphatic carbocycles. The molecule has 8 heterocycles. The number of aromatic nitrogens is 10. The molecule has 22 nitrogen and oxygen atoms in total. The van der Waals surface area contributed by atoms with Gasteiger partial charge < -0.3 is 20.1 Å². The van der Waals surface area contributed by atoms with Crippen LogP contribution in [0.1, 0.15) is 56.6 Å². The fourth-order valence-electron chi connectivity index (χ4n) is 8.93. The van der Waals surface area contributed by atoms with Crippen LogP contribution >= 0.6 is 0 Å². The average molecular weight is 957 g/mol. The van der Waals surface area contributed by atoms with Crippen molar-refractivity contribution in [2.24, 2.45) is 0 Å². The maximum Gasteiger partial charge on any atom is 0.291 e. The summed E-state index contributed by atoms with van der Waals surface area (Å²) in [6, 6.07) is 22.2. The standard InChI is InChI=1S/2C24H30N8O3/c2*1-29-21-12-18(8-10-30-14-19(15-30)35-2)27-32(21)11-9-20(24(29)34)26-23(33)22-25-16-31(28-22)13-17-6-4-3-5-7-17/h2*3-7,12,16,19-20H,8-11,13-15H2,1-2H3,(H,26,33)/t2*20-/m10/s1. The van der Waals surface area contributed by atoms with Crippen LogP contribution in [0.5, 0.6) is 0 Å². The molecule has 2 aromatic carbocycles. The first-order valence-corrected chi connectivity index (χ1v) is 23.7. The Bertz CT molecular complexity index is 2560. The predicted octanol–water partition coefficient (Wildman–Crippen LogP) is 1.12. The van der Waals surface area contributed by atoms with Crippen LogP contribution < -0.4 is 20.4 Å². The molecule has 6 aromatic rings. The molecule has 2 fully saturated rings. The zero-order chi connectivity index (χ0) is 48.7. The van der Waals surface area contributed by atoms with Crippen molar-refractivity contribution in [2.75, 3.05) is 77.4 Å². The van der Waals surface area contributed by atoms with Gasteiger partial charge in [-0.25, -0.2) is 28.7 Å². The van der Waals surface area contributed by atoms with Gasteiger partial charge in [0.2, 0.25) is 11.6 Å². The highest BCUT2D eigenvalue weighted by molar-refractivity contribution is 6.01. The molecule has 0 spiro atoms. The third kappa shape index (κ3) is 11.3. The number of nitrogens with zero attached hydrogens (tertiary/aromatic N) is 14. The fourth-order valence-corrected chi connectivity index (χ4v) is 8.93. The second-order valence-corrected chi connectivity index (χ2v) is 18.1. The number of nitrogens with one attached hydrogen (secondary N) is 2. The number of carbonyl (C=O) groups excluding carboxylic acids is 4. The van der Waals surface area contributed by atoms with Gasteiger partial charge >= 0.3 is 0 Å². The number of fused-ring (bicyclic) bond motifs is 2. The first kappa shape index (κ1) is 47.9. The summed E-state index contributed by atoms with van der Waals surface area (Å²) in [6.45, 7) is 7.70. The highest BCUT2D eigenvalue weighted by Gasteiger charge is 2.34. The summed E-state index contributed by atoms with van der Waals surface area (Å²) < 4.78 is 17.6. The highest BCUT2D eigenvalue weighted by Crippen LogP contribution is 2.24. The molecule has 2 atom stereocenters. The van der Waals surface area contributed by atoms with Crippen LogP contribution in [0.15, 0.2) is 85.5 Å². The second kappa shape index (κ2) is 21.7. The molecule has 0 saturated carbocycles. The quantitative estimate of drug-likeness (QED) is 0.139. The number of carbonyl (C=O) groups is 4. The maximum atomic E-state index is 13.1. The molecule has 2 N–H and O–H groups in total. The zero-order valence-corrected chi connectivity index (χ0v) is 40.0. The molecule has 70 heavy (non-hydrogen) atoms. The van der Waals surface area contributed by atoms with E-state index in [0.29, 0.717) is 51.2 Å². The lowest BCUT2D eigenvalue weighted by Crippen LogP contribution is -2.52. The monoisotopic (exact) mass is 956 g/mol. The third-order valence-electron chi connectivity index (χ3n) is 13.2. The van der Waals surface area contributed by atoms with Crippen LogP contribution in [0.25, 0.3) is 0 Å². The van der Waals surface area contributed by atoms with Crippen molar-refractivity contribution in [3.05, 3.63) is 120 Å². The number of anilines is 2. The minimum Gasteiger partial charge on any atom is -0.379 e. The van der Waals surface area contributed by atoms with Crippen LogP contribution in [-0.4, -0.2) is 174 Å². The van der Waals surface area contributed by atoms with Crippen LogP contribution in [0.2, 0.25) is 0 Å². The first-order chi connectivity index (χ1) is 34.0. The SMILES string of the molecule is COC1CN(CCc2cc3n(n2)CC[C@@H](NC(=O)c2ncn(Cc4ccccc4)n2)C(=O)N3C)C1.COC1CN(CCc2cc3n(n2)CC[C@H](NC(=O)c2ncn(Cc4ccccc4)n2)C(=O)N3C)C1. The molecular formula is C48H60N16O6. The summed E-state index contributed by atoms with van der Waals surface area (Å²) in [6.07, 6.45) is 6.22. The molecule has 2 saturated heterocycles. The van der Waals surface area contributed by atoms with E-state index in [1.807, 2.05) is 82.2 Å². The van der Waals surface area contributed by atoms with Crippen molar-refractivity contribution in [3.8, 4) is 0 Å². The Balaban J connectivity index is 0.000000174. The van der Waals surface area contributed by atoms with Gasteiger partial charge in [0.1, 0.15) is 36.4 Å². The number of likely N-dealkylation sites (tertiary alicyclic amines) is 2. The third-order valence-corrected chi connectivity index (χ3v) is 13.2. The Labute approximate surface area is 405 Å². The largest absolute Gasteiger partial charge is 0.379 e. The van der Waals surface area contributed by atoms with E-state index < -0.39 is 23.9 Å². The molecule has 10 rings (SSSR count). The van der Waals surface area contributed by atoms with Crippen LogP contribution in [0.4, 0.5) is 11.6 Å². The van der Waals surface area contributed by atoms with Gasteiger partial charge in [0.05, 0.1) is 36.7 Å². The molecule has 0 radical (unpaired) electrons. The summed E-state index contributed by atoms with van der Waals surface area (Å²) in [5, 5.41) is 23.6. The lowest BCUT2D eigenvalue weighted by atomic mass is 10.1. The minimum absolute atomic E-state index is 0.0439. The summed E-state index contributed by atoms with van der Waals surface area (Å²) in [5.74, 6) is 0.275. The number of amides is 4. The van der Waals surface area contributed by atoms with Crippen molar-refractivity contribution < 1.29 is 28.7 Å². The van der Waals surface area contributed by atoms with Gasteiger partial charge in [0.15, 0.2) is 0 Å².